The van der Waals surface area contributed by atoms with Gasteiger partial charge in [0.25, 0.3) is 11.8 Å². The van der Waals surface area contributed by atoms with Crippen LogP contribution >= 0.6 is 24.0 Å². The third kappa shape index (κ3) is 5.42. The number of nitrogen functional groups attached to an aromatic ring is 1. The number of sulfone groups is 1. The zero-order chi connectivity index (χ0) is 27.9. The predicted octanol–water partition coefficient (Wildman–Crippen LogP) is 4.83. The lowest BCUT2D eigenvalue weighted by molar-refractivity contribution is 0.0992. The summed E-state index contributed by atoms with van der Waals surface area (Å²) < 4.78 is 26.6. The topological polar surface area (TPSA) is 150 Å². The second-order valence-corrected chi connectivity index (χ2v) is 11.8. The number of hydrogen-bond donors (Lipinski definition) is 3. The van der Waals surface area contributed by atoms with Crippen molar-refractivity contribution >= 4 is 57.0 Å². The number of carbonyl (C=O) groups excluding carboxylic acids is 2. The lowest BCUT2D eigenvalue weighted by Crippen LogP contribution is -2.16. The summed E-state index contributed by atoms with van der Waals surface area (Å²) in [6.45, 7) is 1.81. The van der Waals surface area contributed by atoms with Gasteiger partial charge < -0.3 is 16.8 Å². The van der Waals surface area contributed by atoms with Crippen molar-refractivity contribution in [3.05, 3.63) is 88.1 Å². The van der Waals surface area contributed by atoms with Gasteiger partial charge >= 0.3 is 0 Å². The van der Waals surface area contributed by atoms with E-state index in [-0.39, 0.29) is 39.3 Å². The minimum atomic E-state index is -3.39. The fraction of sp³-hybridized carbons (Fsp3) is 0.179. The Morgan fingerprint density at radius 1 is 1.05 bits per heavy atom. The number of hydrogen-bond acceptors (Lipinski definition) is 6. The molecule has 0 fully saturated rings. The number of halogens is 2. The third-order valence-corrected chi connectivity index (χ3v) is 8.90. The van der Waals surface area contributed by atoms with Gasteiger partial charge in [0.15, 0.2) is 15.5 Å². The van der Waals surface area contributed by atoms with Gasteiger partial charge in [-0.05, 0) is 79.4 Å². The van der Waals surface area contributed by atoms with Gasteiger partial charge in [-0.15, -0.1) is 12.4 Å². The van der Waals surface area contributed by atoms with E-state index in [0.717, 1.165) is 11.1 Å². The molecule has 0 atom stereocenters. The van der Waals surface area contributed by atoms with Crippen molar-refractivity contribution in [1.29, 1.82) is 0 Å². The van der Waals surface area contributed by atoms with Crippen LogP contribution in [0.5, 0.6) is 0 Å². The second-order valence-electron chi connectivity index (χ2n) is 9.33. The highest BCUT2D eigenvalue weighted by Crippen LogP contribution is 2.38. The smallest absolute Gasteiger partial charge is 0.269 e. The molecular weight excluding hydrogens is 573 g/mol. The van der Waals surface area contributed by atoms with Crippen molar-refractivity contribution in [2.75, 3.05) is 16.8 Å². The molecular formula is C28H27Cl2N5O4S. The number of nitrogens with one attached hydrogen (secondary N) is 1. The Morgan fingerprint density at radius 2 is 1.77 bits per heavy atom. The molecule has 1 aliphatic rings. The summed E-state index contributed by atoms with van der Waals surface area (Å²) in [7, 11) is -3.39. The molecule has 1 aromatic heterocycles. The van der Waals surface area contributed by atoms with Crippen molar-refractivity contribution in [2.45, 2.75) is 31.1 Å². The summed E-state index contributed by atoms with van der Waals surface area (Å²) in [5, 5.41) is 7.66. The first kappa shape index (κ1) is 29.1. The van der Waals surface area contributed by atoms with Gasteiger partial charge in [-0.25, -0.2) is 13.1 Å². The first-order valence-corrected chi connectivity index (χ1v) is 14.4. The summed E-state index contributed by atoms with van der Waals surface area (Å²) in [6.07, 6.45) is 1.71. The first-order chi connectivity index (χ1) is 18.6. The van der Waals surface area contributed by atoms with E-state index in [2.05, 4.69) is 10.4 Å². The Morgan fingerprint density at radius 3 is 2.45 bits per heavy atom. The average Bonchev–Trinajstić information content (AvgIpc) is 3.31. The number of anilines is 2. The molecule has 9 nitrogen and oxygen atoms in total. The molecule has 0 radical (unpaired) electrons. The fourth-order valence-corrected chi connectivity index (χ4v) is 6.32. The van der Waals surface area contributed by atoms with Gasteiger partial charge in [0, 0.05) is 22.5 Å². The first-order valence-electron chi connectivity index (χ1n) is 12.3. The van der Waals surface area contributed by atoms with E-state index < -0.39 is 21.7 Å². The van der Waals surface area contributed by atoms with E-state index in [9.17, 15) is 18.0 Å². The minimum absolute atomic E-state index is 0. The van der Waals surface area contributed by atoms with Crippen LogP contribution in [0.3, 0.4) is 0 Å². The number of nitrogens with zero attached hydrogens (tertiary/aromatic N) is 2. The SMILES string of the molecule is CCCS(=O)(=O)c1ccc(-n2nc(C(N)=O)c3c2-c2cc(NC(=O)c4cc(N)ccc4Cl)ccc2CC3)cc1.Cl. The molecule has 0 unspecified atom stereocenters. The molecule has 208 valence electrons. The molecule has 0 saturated carbocycles. The van der Waals surface area contributed by atoms with Crippen LogP contribution in [0.4, 0.5) is 11.4 Å². The summed E-state index contributed by atoms with van der Waals surface area (Å²) in [6, 6.07) is 16.6. The van der Waals surface area contributed by atoms with Crippen LogP contribution in [-0.2, 0) is 22.7 Å². The molecule has 0 saturated heterocycles. The number of fused-ring (bicyclic) bond motifs is 3. The number of aromatic nitrogens is 2. The number of nitrogens with two attached hydrogens (primary N) is 2. The zero-order valence-corrected chi connectivity index (χ0v) is 23.9. The van der Waals surface area contributed by atoms with Gasteiger partial charge in [0.2, 0.25) is 0 Å². The lowest BCUT2D eigenvalue weighted by Gasteiger charge is -2.20. The van der Waals surface area contributed by atoms with Gasteiger partial charge in [-0.1, -0.05) is 24.6 Å². The molecule has 1 heterocycles. The number of benzene rings is 3. The van der Waals surface area contributed by atoms with Gasteiger partial charge in [0.05, 0.1) is 32.6 Å². The summed E-state index contributed by atoms with van der Waals surface area (Å²) in [5.74, 6) is -1.02. The molecule has 2 amide bonds. The Hall–Kier alpha value is -3.86. The lowest BCUT2D eigenvalue weighted by atomic mass is 9.88. The summed E-state index contributed by atoms with van der Waals surface area (Å²) >= 11 is 6.21. The molecule has 0 spiro atoms. The van der Waals surface area contributed by atoms with E-state index >= 15 is 0 Å². The molecule has 4 aromatic rings. The van der Waals surface area contributed by atoms with Crippen LogP contribution in [0, 0.1) is 0 Å². The van der Waals surface area contributed by atoms with Crippen molar-refractivity contribution in [3.63, 3.8) is 0 Å². The van der Waals surface area contributed by atoms with Gasteiger partial charge in [-0.3, -0.25) is 9.59 Å². The van der Waals surface area contributed by atoms with Crippen LogP contribution in [0.25, 0.3) is 16.9 Å². The monoisotopic (exact) mass is 599 g/mol. The molecule has 3 aromatic carbocycles. The number of carbonyl (C=O) groups is 2. The Balaban J connectivity index is 0.00000370. The van der Waals surface area contributed by atoms with Crippen molar-refractivity contribution in [3.8, 4) is 16.9 Å². The normalized spacial score (nSPS) is 12.2. The predicted molar refractivity (Wildman–Crippen MR) is 158 cm³/mol. The molecule has 0 bridgehead atoms. The maximum absolute atomic E-state index is 13.0. The quantitative estimate of drug-likeness (QED) is 0.259. The average molecular weight is 601 g/mol. The summed E-state index contributed by atoms with van der Waals surface area (Å²) in [4.78, 5) is 25.5. The molecule has 5 N–H and O–H groups in total. The van der Waals surface area contributed by atoms with Crippen molar-refractivity contribution in [1.82, 2.24) is 9.78 Å². The molecule has 12 heteroatoms. The van der Waals surface area contributed by atoms with E-state index in [1.165, 1.54) is 18.2 Å². The maximum atomic E-state index is 13.0. The highest BCUT2D eigenvalue weighted by molar-refractivity contribution is 7.91. The van der Waals surface area contributed by atoms with Crippen molar-refractivity contribution < 1.29 is 18.0 Å². The molecule has 1 aliphatic carbocycles. The number of amides is 2. The minimum Gasteiger partial charge on any atom is -0.399 e. The van der Waals surface area contributed by atoms with Crippen LogP contribution in [0.2, 0.25) is 5.02 Å². The standard InChI is InChI=1S/C28H26ClN5O4S.ClH/c1-2-13-39(37,38)20-9-7-19(8-10-20)34-26-21(25(33-34)27(31)35)11-4-16-3-6-18(15-22(16)26)32-28(36)23-14-17(30)5-12-24(23)29;/h3,5-10,12,14-15H,2,4,11,13,30H2,1H3,(H2,31,35)(H,32,36);1H. The Bertz CT molecular complexity index is 1730. The summed E-state index contributed by atoms with van der Waals surface area (Å²) in [5.41, 5.74) is 16.5. The van der Waals surface area contributed by atoms with Gasteiger partial charge in [0.1, 0.15) is 0 Å². The maximum Gasteiger partial charge on any atom is 0.269 e. The second kappa shape index (κ2) is 11.3. The van der Waals surface area contributed by atoms with Crippen LogP contribution in [0.15, 0.2) is 65.6 Å². The van der Waals surface area contributed by atoms with Crippen LogP contribution in [-0.4, -0.2) is 35.8 Å². The van der Waals surface area contributed by atoms with E-state index in [0.29, 0.717) is 47.6 Å². The number of primary amides is 1. The van der Waals surface area contributed by atoms with Crippen LogP contribution < -0.4 is 16.8 Å². The molecule has 0 aliphatic heterocycles. The zero-order valence-electron chi connectivity index (χ0n) is 21.5. The highest BCUT2D eigenvalue weighted by atomic mass is 35.5. The number of aryl methyl sites for hydroxylation is 1. The van der Waals surface area contributed by atoms with Gasteiger partial charge in [-0.2, -0.15) is 5.10 Å². The Kier molecular flexibility index (Phi) is 8.25. The Labute approximate surface area is 242 Å². The van der Waals surface area contributed by atoms with E-state index in [1.54, 1.807) is 35.0 Å². The van der Waals surface area contributed by atoms with E-state index in [4.69, 9.17) is 23.1 Å². The van der Waals surface area contributed by atoms with E-state index in [1.807, 2.05) is 19.1 Å². The number of rotatable bonds is 7. The van der Waals surface area contributed by atoms with Crippen LogP contribution in [0.1, 0.15) is 45.3 Å². The fourth-order valence-electron chi connectivity index (χ4n) is 4.80. The largest absolute Gasteiger partial charge is 0.399 e. The molecule has 40 heavy (non-hydrogen) atoms. The highest BCUT2D eigenvalue weighted by Gasteiger charge is 2.29. The molecule has 5 rings (SSSR count). The third-order valence-electron chi connectivity index (χ3n) is 6.63. The van der Waals surface area contributed by atoms with Crippen molar-refractivity contribution in [2.24, 2.45) is 5.73 Å².